The third-order valence-electron chi connectivity index (χ3n) is 1.83. The van der Waals surface area contributed by atoms with E-state index in [4.69, 9.17) is 14.2 Å². The molecule has 1 N–H and O–H groups in total. The van der Waals surface area contributed by atoms with E-state index < -0.39 is 5.79 Å². The summed E-state index contributed by atoms with van der Waals surface area (Å²) < 4.78 is 15.6. The SMILES string of the molecule is COC1CNCC(C)(OC)O1. The Morgan fingerprint density at radius 3 is 2.82 bits per heavy atom. The quantitative estimate of drug-likeness (QED) is 0.616. The zero-order valence-electron chi connectivity index (χ0n) is 7.22. The Bertz CT molecular complexity index is 131. The van der Waals surface area contributed by atoms with Crippen LogP contribution in [-0.4, -0.2) is 39.4 Å². The second-order valence-electron chi connectivity index (χ2n) is 2.75. The first-order chi connectivity index (χ1) is 5.20. The summed E-state index contributed by atoms with van der Waals surface area (Å²) in [6.45, 7) is 3.30. The summed E-state index contributed by atoms with van der Waals surface area (Å²) in [6, 6.07) is 0. The summed E-state index contributed by atoms with van der Waals surface area (Å²) in [5.74, 6) is -0.543. The Morgan fingerprint density at radius 1 is 1.55 bits per heavy atom. The smallest absolute Gasteiger partial charge is 0.180 e. The molecule has 1 heterocycles. The lowest BCUT2D eigenvalue weighted by Gasteiger charge is -2.36. The van der Waals surface area contributed by atoms with Gasteiger partial charge in [0.25, 0.3) is 0 Å². The molecule has 0 radical (unpaired) electrons. The Hall–Kier alpha value is -0.160. The molecule has 4 nitrogen and oxygen atoms in total. The number of ether oxygens (including phenoxy) is 3. The van der Waals surface area contributed by atoms with Crippen molar-refractivity contribution in [1.82, 2.24) is 5.32 Å². The number of hydrogen-bond acceptors (Lipinski definition) is 4. The van der Waals surface area contributed by atoms with Crippen LogP contribution >= 0.6 is 0 Å². The molecule has 0 saturated carbocycles. The first kappa shape index (κ1) is 8.93. The van der Waals surface area contributed by atoms with Crippen molar-refractivity contribution in [2.75, 3.05) is 27.3 Å². The molecular formula is C7H15NO3. The van der Waals surface area contributed by atoms with Gasteiger partial charge in [0.05, 0.1) is 0 Å². The van der Waals surface area contributed by atoms with Gasteiger partial charge in [-0.25, -0.2) is 0 Å². The van der Waals surface area contributed by atoms with Crippen molar-refractivity contribution in [3.05, 3.63) is 0 Å². The highest BCUT2D eigenvalue weighted by Crippen LogP contribution is 2.16. The standard InChI is InChI=1S/C7H15NO3/c1-7(10-3)5-8-4-6(9-2)11-7/h6,8H,4-5H2,1-3H3. The predicted octanol–water partition coefficient (Wildman–Crippen LogP) is -0.0587. The van der Waals surface area contributed by atoms with Crippen molar-refractivity contribution in [1.29, 1.82) is 0 Å². The van der Waals surface area contributed by atoms with Crippen molar-refractivity contribution in [2.45, 2.75) is 19.0 Å². The molecule has 4 heteroatoms. The van der Waals surface area contributed by atoms with Crippen LogP contribution in [0.1, 0.15) is 6.92 Å². The Balaban J connectivity index is 2.44. The average Bonchev–Trinajstić information content (AvgIpc) is 2.05. The second-order valence-corrected chi connectivity index (χ2v) is 2.75. The van der Waals surface area contributed by atoms with Crippen molar-refractivity contribution in [3.63, 3.8) is 0 Å². The molecule has 1 aliphatic rings. The number of morpholine rings is 1. The highest BCUT2D eigenvalue weighted by molar-refractivity contribution is 4.73. The third kappa shape index (κ3) is 2.13. The molecule has 66 valence electrons. The summed E-state index contributed by atoms with van der Waals surface area (Å²) in [6.07, 6.45) is -0.200. The zero-order chi connectivity index (χ0) is 8.32. The molecule has 2 unspecified atom stereocenters. The van der Waals surface area contributed by atoms with Gasteiger partial charge in [-0.2, -0.15) is 0 Å². The topological polar surface area (TPSA) is 39.7 Å². The fourth-order valence-electron chi connectivity index (χ4n) is 1.03. The molecule has 0 aromatic rings. The molecule has 1 saturated heterocycles. The van der Waals surface area contributed by atoms with Gasteiger partial charge < -0.3 is 19.5 Å². The van der Waals surface area contributed by atoms with Gasteiger partial charge in [-0.3, -0.25) is 0 Å². The summed E-state index contributed by atoms with van der Waals surface area (Å²) in [4.78, 5) is 0. The van der Waals surface area contributed by atoms with Gasteiger partial charge in [0, 0.05) is 27.3 Å². The van der Waals surface area contributed by atoms with Crippen molar-refractivity contribution in [2.24, 2.45) is 0 Å². The van der Waals surface area contributed by atoms with E-state index in [1.807, 2.05) is 6.92 Å². The summed E-state index contributed by atoms with van der Waals surface area (Å²) in [7, 11) is 3.24. The molecule has 1 aliphatic heterocycles. The van der Waals surface area contributed by atoms with E-state index in [0.29, 0.717) is 6.54 Å². The third-order valence-corrected chi connectivity index (χ3v) is 1.83. The molecular weight excluding hydrogens is 146 g/mol. The normalized spacial score (nSPS) is 39.0. The highest BCUT2D eigenvalue weighted by Gasteiger charge is 2.32. The molecule has 0 aliphatic carbocycles. The summed E-state index contributed by atoms with van der Waals surface area (Å²) in [5, 5.41) is 3.15. The first-order valence-electron chi connectivity index (χ1n) is 3.67. The Labute approximate surface area is 66.8 Å². The van der Waals surface area contributed by atoms with E-state index in [0.717, 1.165) is 6.54 Å². The maximum absolute atomic E-state index is 5.47. The maximum Gasteiger partial charge on any atom is 0.180 e. The van der Waals surface area contributed by atoms with Crippen molar-refractivity contribution in [3.8, 4) is 0 Å². The molecule has 0 aromatic heterocycles. The second kappa shape index (κ2) is 3.49. The molecule has 0 aromatic carbocycles. The maximum atomic E-state index is 5.47. The lowest BCUT2D eigenvalue weighted by molar-refractivity contribution is -0.299. The van der Waals surface area contributed by atoms with Crippen LogP contribution in [0.25, 0.3) is 0 Å². The molecule has 11 heavy (non-hydrogen) atoms. The lowest BCUT2D eigenvalue weighted by Crippen LogP contribution is -2.53. The van der Waals surface area contributed by atoms with Gasteiger partial charge in [0.1, 0.15) is 0 Å². The van der Waals surface area contributed by atoms with Crippen LogP contribution in [0, 0.1) is 0 Å². The fourth-order valence-corrected chi connectivity index (χ4v) is 1.03. The van der Waals surface area contributed by atoms with E-state index in [1.165, 1.54) is 0 Å². The number of hydrogen-bond donors (Lipinski definition) is 1. The van der Waals surface area contributed by atoms with Gasteiger partial charge in [-0.05, 0) is 6.92 Å². The predicted molar refractivity (Wildman–Crippen MR) is 40.2 cm³/mol. The van der Waals surface area contributed by atoms with E-state index in [1.54, 1.807) is 14.2 Å². The fraction of sp³-hybridized carbons (Fsp3) is 1.00. The average molecular weight is 161 g/mol. The zero-order valence-corrected chi connectivity index (χ0v) is 7.22. The molecule has 1 rings (SSSR count). The highest BCUT2D eigenvalue weighted by atomic mass is 16.8. The lowest BCUT2D eigenvalue weighted by atomic mass is 10.3. The number of nitrogens with one attached hydrogen (secondary N) is 1. The number of rotatable bonds is 2. The molecule has 2 atom stereocenters. The number of methoxy groups -OCH3 is 2. The van der Waals surface area contributed by atoms with Gasteiger partial charge in [0.2, 0.25) is 0 Å². The van der Waals surface area contributed by atoms with Crippen molar-refractivity contribution >= 4 is 0 Å². The largest absolute Gasteiger partial charge is 0.354 e. The van der Waals surface area contributed by atoms with Crippen LogP contribution in [0.3, 0.4) is 0 Å². The first-order valence-corrected chi connectivity index (χ1v) is 3.67. The van der Waals surface area contributed by atoms with Crippen LogP contribution in [0.5, 0.6) is 0 Å². The van der Waals surface area contributed by atoms with Crippen molar-refractivity contribution < 1.29 is 14.2 Å². The van der Waals surface area contributed by atoms with E-state index in [-0.39, 0.29) is 6.29 Å². The summed E-state index contributed by atoms with van der Waals surface area (Å²) in [5.41, 5.74) is 0. The van der Waals surface area contributed by atoms with Crippen LogP contribution in [0.4, 0.5) is 0 Å². The monoisotopic (exact) mass is 161 g/mol. The van der Waals surface area contributed by atoms with Crippen LogP contribution in [0.15, 0.2) is 0 Å². The van der Waals surface area contributed by atoms with E-state index in [2.05, 4.69) is 5.32 Å². The Morgan fingerprint density at radius 2 is 2.27 bits per heavy atom. The molecule has 0 bridgehead atoms. The van der Waals surface area contributed by atoms with Crippen LogP contribution in [-0.2, 0) is 14.2 Å². The molecule has 0 amide bonds. The minimum Gasteiger partial charge on any atom is -0.354 e. The van der Waals surface area contributed by atoms with Gasteiger partial charge in [0.15, 0.2) is 12.1 Å². The Kier molecular flexibility index (Phi) is 2.84. The van der Waals surface area contributed by atoms with E-state index >= 15 is 0 Å². The molecule has 1 fully saturated rings. The van der Waals surface area contributed by atoms with Crippen LogP contribution in [0.2, 0.25) is 0 Å². The van der Waals surface area contributed by atoms with Gasteiger partial charge in [-0.15, -0.1) is 0 Å². The summed E-state index contributed by atoms with van der Waals surface area (Å²) >= 11 is 0. The van der Waals surface area contributed by atoms with Gasteiger partial charge in [-0.1, -0.05) is 0 Å². The minimum absolute atomic E-state index is 0.200. The van der Waals surface area contributed by atoms with Crippen LogP contribution < -0.4 is 5.32 Å². The minimum atomic E-state index is -0.543. The van der Waals surface area contributed by atoms with Gasteiger partial charge >= 0.3 is 0 Å². The van der Waals surface area contributed by atoms with E-state index in [9.17, 15) is 0 Å². The molecule has 0 spiro atoms.